The lowest BCUT2D eigenvalue weighted by atomic mass is 9.92. The van der Waals surface area contributed by atoms with Gasteiger partial charge in [-0.2, -0.15) is 13.2 Å². The summed E-state index contributed by atoms with van der Waals surface area (Å²) in [5.74, 6) is -0.538. The van der Waals surface area contributed by atoms with Crippen molar-refractivity contribution in [2.24, 2.45) is 5.92 Å². The van der Waals surface area contributed by atoms with Crippen LogP contribution in [-0.4, -0.2) is 61.1 Å². The average Bonchev–Trinajstić information content (AvgIpc) is 2.71. The van der Waals surface area contributed by atoms with Gasteiger partial charge in [0.05, 0.1) is 13.0 Å². The minimum atomic E-state index is -4.20. The Kier molecular flexibility index (Phi) is 11.8. The van der Waals surface area contributed by atoms with Crippen molar-refractivity contribution in [3.8, 4) is 0 Å². The Morgan fingerprint density at radius 1 is 1.06 bits per heavy atom. The Balaban J connectivity index is 2.53. The third kappa shape index (κ3) is 8.18. The standard InChI is InChI=1S/C20H37F3N2O5S/c1-3-10-19(11-4-2,18(26)24-27)31(28,29)25-13-8-17(9-14-25)7-5-6-15-30-16-12-20(21,22)23/h17,27H,3-16H2,1-2H3,(H,24,26). The van der Waals surface area contributed by atoms with Gasteiger partial charge in [-0.05, 0) is 38.0 Å². The van der Waals surface area contributed by atoms with Gasteiger partial charge >= 0.3 is 6.18 Å². The molecule has 0 atom stereocenters. The van der Waals surface area contributed by atoms with Gasteiger partial charge in [0.2, 0.25) is 10.0 Å². The van der Waals surface area contributed by atoms with Gasteiger partial charge in [0.15, 0.2) is 4.75 Å². The molecule has 1 fully saturated rings. The molecule has 11 heteroatoms. The summed E-state index contributed by atoms with van der Waals surface area (Å²) in [5.41, 5.74) is 1.57. The number of piperidine rings is 1. The molecule has 0 aromatic heterocycles. The van der Waals surface area contributed by atoms with Crippen molar-refractivity contribution < 1.29 is 36.3 Å². The number of sulfonamides is 1. The van der Waals surface area contributed by atoms with Gasteiger partial charge in [0, 0.05) is 19.7 Å². The quantitative estimate of drug-likeness (QED) is 0.225. The van der Waals surface area contributed by atoms with Crippen molar-refractivity contribution >= 4 is 15.9 Å². The zero-order chi connectivity index (χ0) is 23.5. The minimum Gasteiger partial charge on any atom is -0.381 e. The number of rotatable bonds is 14. The van der Waals surface area contributed by atoms with E-state index in [0.29, 0.717) is 51.1 Å². The molecule has 31 heavy (non-hydrogen) atoms. The predicted octanol–water partition coefficient (Wildman–Crippen LogP) is 4.01. The fourth-order valence-electron chi connectivity index (χ4n) is 4.25. The van der Waals surface area contributed by atoms with E-state index >= 15 is 0 Å². The van der Waals surface area contributed by atoms with Crippen LogP contribution in [0.15, 0.2) is 0 Å². The SMILES string of the molecule is CCCC(CCC)(C(=O)NO)S(=O)(=O)N1CCC(CCCCOCCC(F)(F)F)CC1. The summed E-state index contributed by atoms with van der Waals surface area (Å²) >= 11 is 0. The number of unbranched alkanes of at least 4 members (excludes halogenated alkanes) is 1. The molecular weight excluding hydrogens is 437 g/mol. The molecule has 1 aliphatic rings. The van der Waals surface area contributed by atoms with E-state index in [1.165, 1.54) is 4.31 Å². The van der Waals surface area contributed by atoms with E-state index in [2.05, 4.69) is 0 Å². The van der Waals surface area contributed by atoms with Crippen LogP contribution in [0, 0.1) is 5.92 Å². The summed E-state index contributed by atoms with van der Waals surface area (Å²) in [6.45, 7) is 4.23. The maximum Gasteiger partial charge on any atom is 0.391 e. The topological polar surface area (TPSA) is 95.9 Å². The van der Waals surface area contributed by atoms with Crippen LogP contribution in [0.5, 0.6) is 0 Å². The van der Waals surface area contributed by atoms with Gasteiger partial charge in [-0.15, -0.1) is 0 Å². The predicted molar refractivity (Wildman–Crippen MR) is 111 cm³/mol. The molecule has 1 rings (SSSR count). The first-order valence-corrected chi connectivity index (χ1v) is 12.6. The van der Waals surface area contributed by atoms with E-state index in [0.717, 1.165) is 12.8 Å². The maximum absolute atomic E-state index is 13.4. The normalized spacial score (nSPS) is 17.1. The maximum atomic E-state index is 13.4. The molecule has 1 heterocycles. The molecule has 0 saturated carbocycles. The Morgan fingerprint density at radius 2 is 1.65 bits per heavy atom. The van der Waals surface area contributed by atoms with Crippen molar-refractivity contribution in [1.29, 1.82) is 0 Å². The fraction of sp³-hybridized carbons (Fsp3) is 0.950. The second-order valence-electron chi connectivity index (χ2n) is 8.26. The van der Waals surface area contributed by atoms with E-state index in [1.54, 1.807) is 5.48 Å². The molecule has 184 valence electrons. The summed E-state index contributed by atoms with van der Waals surface area (Å²) in [6.07, 6.45) is -0.177. The first-order chi connectivity index (χ1) is 14.5. The lowest BCUT2D eigenvalue weighted by Crippen LogP contribution is -2.58. The van der Waals surface area contributed by atoms with E-state index < -0.39 is 33.3 Å². The average molecular weight is 475 g/mol. The van der Waals surface area contributed by atoms with E-state index in [4.69, 9.17) is 4.74 Å². The highest BCUT2D eigenvalue weighted by Gasteiger charge is 2.52. The Labute approximate surface area is 183 Å². The number of halogens is 3. The molecule has 1 aliphatic heterocycles. The van der Waals surface area contributed by atoms with Gasteiger partial charge in [-0.25, -0.2) is 18.2 Å². The zero-order valence-corrected chi connectivity index (χ0v) is 19.4. The van der Waals surface area contributed by atoms with Gasteiger partial charge in [-0.1, -0.05) is 39.5 Å². The summed E-state index contributed by atoms with van der Waals surface area (Å²) in [6, 6.07) is 0. The van der Waals surface area contributed by atoms with Crippen LogP contribution in [0.1, 0.15) is 78.1 Å². The van der Waals surface area contributed by atoms with Crippen LogP contribution in [-0.2, 0) is 19.6 Å². The summed E-state index contributed by atoms with van der Waals surface area (Å²) in [5, 5.41) is 9.19. The summed E-state index contributed by atoms with van der Waals surface area (Å²) in [7, 11) is -3.94. The van der Waals surface area contributed by atoms with Crippen molar-refractivity contribution in [2.45, 2.75) is 89.0 Å². The molecule has 1 amide bonds. The highest BCUT2D eigenvalue weighted by molar-refractivity contribution is 7.91. The molecule has 0 unspecified atom stereocenters. The van der Waals surface area contributed by atoms with E-state index in [1.807, 2.05) is 13.8 Å². The molecule has 0 bridgehead atoms. The number of carbonyl (C=O) groups excluding carboxylic acids is 1. The van der Waals surface area contributed by atoms with Crippen molar-refractivity contribution in [3.63, 3.8) is 0 Å². The Bertz CT molecular complexity index is 629. The van der Waals surface area contributed by atoms with Crippen LogP contribution in [0.2, 0.25) is 0 Å². The summed E-state index contributed by atoms with van der Waals surface area (Å²) < 4.78 is 67.7. The van der Waals surface area contributed by atoms with Gasteiger partial charge in [0.1, 0.15) is 0 Å². The largest absolute Gasteiger partial charge is 0.391 e. The molecule has 2 N–H and O–H groups in total. The second kappa shape index (κ2) is 13.0. The smallest absolute Gasteiger partial charge is 0.381 e. The number of hydroxylamine groups is 1. The molecule has 0 radical (unpaired) electrons. The van der Waals surface area contributed by atoms with E-state index in [9.17, 15) is 31.6 Å². The number of amides is 1. The Morgan fingerprint density at radius 3 is 2.13 bits per heavy atom. The molecule has 0 aliphatic carbocycles. The third-order valence-electron chi connectivity index (χ3n) is 5.91. The zero-order valence-electron chi connectivity index (χ0n) is 18.5. The van der Waals surface area contributed by atoms with E-state index in [-0.39, 0.29) is 26.1 Å². The number of ether oxygens (including phenoxy) is 1. The number of nitrogens with one attached hydrogen (secondary N) is 1. The molecule has 0 spiro atoms. The molecule has 0 aromatic rings. The van der Waals surface area contributed by atoms with Crippen molar-refractivity contribution in [3.05, 3.63) is 0 Å². The van der Waals surface area contributed by atoms with Gasteiger partial charge in [0.25, 0.3) is 5.91 Å². The number of carbonyl (C=O) groups is 1. The first kappa shape index (κ1) is 28.1. The van der Waals surface area contributed by atoms with Crippen LogP contribution in [0.3, 0.4) is 0 Å². The van der Waals surface area contributed by atoms with Crippen LogP contribution in [0.4, 0.5) is 13.2 Å². The molecular formula is C20H37F3N2O5S. The van der Waals surface area contributed by atoms with Crippen molar-refractivity contribution in [2.75, 3.05) is 26.3 Å². The Hall–Kier alpha value is -0.910. The van der Waals surface area contributed by atoms with Crippen LogP contribution < -0.4 is 5.48 Å². The third-order valence-corrected chi connectivity index (χ3v) is 8.54. The van der Waals surface area contributed by atoms with Crippen molar-refractivity contribution in [1.82, 2.24) is 9.79 Å². The fourth-order valence-corrected chi connectivity index (χ4v) is 6.64. The minimum absolute atomic E-state index is 0.143. The van der Waals surface area contributed by atoms with Gasteiger partial charge in [-0.3, -0.25) is 10.0 Å². The lowest BCUT2D eigenvalue weighted by molar-refractivity contribution is -0.145. The molecule has 0 aromatic carbocycles. The number of hydrogen-bond acceptors (Lipinski definition) is 5. The van der Waals surface area contributed by atoms with Gasteiger partial charge < -0.3 is 4.74 Å². The van der Waals surface area contributed by atoms with Crippen LogP contribution >= 0.6 is 0 Å². The molecule has 7 nitrogen and oxygen atoms in total. The number of hydrogen-bond donors (Lipinski definition) is 2. The summed E-state index contributed by atoms with van der Waals surface area (Å²) in [4.78, 5) is 12.4. The number of alkyl halides is 3. The lowest BCUT2D eigenvalue weighted by Gasteiger charge is -2.39. The monoisotopic (exact) mass is 474 g/mol. The molecule has 1 saturated heterocycles. The highest BCUT2D eigenvalue weighted by atomic mass is 32.2. The van der Waals surface area contributed by atoms with Crippen LogP contribution in [0.25, 0.3) is 0 Å². The first-order valence-electron chi connectivity index (χ1n) is 11.1. The number of nitrogens with zero attached hydrogens (tertiary/aromatic N) is 1. The second-order valence-corrected chi connectivity index (χ2v) is 10.5. The highest BCUT2D eigenvalue weighted by Crippen LogP contribution is 2.35.